The molecule has 0 spiro atoms. The summed E-state index contributed by atoms with van der Waals surface area (Å²) in [6.07, 6.45) is 9.92. The first-order chi connectivity index (χ1) is 8.72. The van der Waals surface area contributed by atoms with Crippen molar-refractivity contribution in [2.45, 2.75) is 58.4 Å². The summed E-state index contributed by atoms with van der Waals surface area (Å²) in [5.41, 5.74) is 5.56. The van der Waals surface area contributed by atoms with Crippen molar-refractivity contribution in [2.24, 2.45) is 5.84 Å². The molecule has 1 aliphatic carbocycles. The molecule has 18 heavy (non-hydrogen) atoms. The largest absolute Gasteiger partial charge is 0.466 e. The van der Waals surface area contributed by atoms with Crippen molar-refractivity contribution in [3.63, 3.8) is 0 Å². The van der Waals surface area contributed by atoms with Gasteiger partial charge in [-0.05, 0) is 45.6 Å². The minimum absolute atomic E-state index is 0.112. The maximum atomic E-state index is 5.77. The fourth-order valence-corrected chi connectivity index (χ4v) is 2.81. The molecule has 1 aliphatic rings. The lowest BCUT2D eigenvalue weighted by Crippen LogP contribution is -2.29. The Bertz CT molecular complexity index is 420. The second kappa shape index (κ2) is 6.21. The minimum Gasteiger partial charge on any atom is -0.466 e. The third-order valence-corrected chi connectivity index (χ3v) is 3.75. The van der Waals surface area contributed by atoms with E-state index in [-0.39, 0.29) is 6.04 Å². The Morgan fingerprint density at radius 3 is 2.67 bits per heavy atom. The van der Waals surface area contributed by atoms with E-state index >= 15 is 0 Å². The van der Waals surface area contributed by atoms with E-state index in [2.05, 4.69) is 17.6 Å². The van der Waals surface area contributed by atoms with Crippen molar-refractivity contribution >= 4 is 0 Å². The van der Waals surface area contributed by atoms with E-state index in [9.17, 15) is 0 Å². The van der Waals surface area contributed by atoms with E-state index in [0.29, 0.717) is 0 Å². The highest BCUT2D eigenvalue weighted by Gasteiger charge is 2.20. The van der Waals surface area contributed by atoms with E-state index in [1.165, 1.54) is 43.2 Å². The molecule has 2 rings (SSSR count). The molecule has 0 bridgehead atoms. The summed E-state index contributed by atoms with van der Waals surface area (Å²) in [4.78, 5) is 0. The average molecular weight is 248 g/mol. The zero-order chi connectivity index (χ0) is 13.0. The molecular weight excluding hydrogens is 224 g/mol. The van der Waals surface area contributed by atoms with Gasteiger partial charge in [0.2, 0.25) is 0 Å². The van der Waals surface area contributed by atoms with Crippen molar-refractivity contribution in [3.05, 3.63) is 34.8 Å². The van der Waals surface area contributed by atoms with Crippen LogP contribution in [0.4, 0.5) is 0 Å². The average Bonchev–Trinajstić information content (AvgIpc) is 2.62. The molecule has 0 saturated heterocycles. The lowest BCUT2D eigenvalue weighted by molar-refractivity contribution is 0.490. The fraction of sp³-hybridized carbons (Fsp3) is 0.600. The Morgan fingerprint density at radius 2 is 2.00 bits per heavy atom. The van der Waals surface area contributed by atoms with Gasteiger partial charge in [0.05, 0.1) is 6.04 Å². The van der Waals surface area contributed by atoms with Crippen LogP contribution < -0.4 is 11.3 Å². The first-order valence-electron chi connectivity index (χ1n) is 6.94. The van der Waals surface area contributed by atoms with E-state index in [0.717, 1.165) is 17.9 Å². The quantitative estimate of drug-likeness (QED) is 0.487. The Balaban J connectivity index is 2.23. The van der Waals surface area contributed by atoms with E-state index in [4.69, 9.17) is 10.3 Å². The highest BCUT2D eigenvalue weighted by molar-refractivity contribution is 5.31. The van der Waals surface area contributed by atoms with Crippen molar-refractivity contribution in [1.82, 2.24) is 5.43 Å². The van der Waals surface area contributed by atoms with Crippen LogP contribution in [0.2, 0.25) is 0 Å². The number of hydrazine groups is 1. The number of allylic oxidation sites excluding steroid dienone is 1. The molecule has 1 atom stereocenters. The van der Waals surface area contributed by atoms with Gasteiger partial charge >= 0.3 is 0 Å². The van der Waals surface area contributed by atoms with Crippen molar-refractivity contribution in [3.8, 4) is 0 Å². The molecule has 1 heterocycles. The third kappa shape index (κ3) is 3.03. The summed E-state index contributed by atoms with van der Waals surface area (Å²) in [6, 6.07) is 2.21. The van der Waals surface area contributed by atoms with Gasteiger partial charge in [0, 0.05) is 5.56 Å². The van der Waals surface area contributed by atoms with Crippen LogP contribution in [-0.4, -0.2) is 0 Å². The van der Waals surface area contributed by atoms with Crippen LogP contribution in [0.15, 0.2) is 22.1 Å². The lowest BCUT2D eigenvalue weighted by Gasteiger charge is -2.21. The molecule has 0 amide bonds. The molecule has 100 valence electrons. The number of rotatable bonds is 3. The van der Waals surface area contributed by atoms with Gasteiger partial charge in [0.1, 0.15) is 11.5 Å². The molecule has 0 aliphatic heterocycles. The van der Waals surface area contributed by atoms with Gasteiger partial charge in [-0.25, -0.2) is 5.43 Å². The van der Waals surface area contributed by atoms with Gasteiger partial charge < -0.3 is 4.42 Å². The van der Waals surface area contributed by atoms with Gasteiger partial charge in [-0.1, -0.05) is 24.5 Å². The van der Waals surface area contributed by atoms with Gasteiger partial charge in [0.15, 0.2) is 0 Å². The zero-order valence-corrected chi connectivity index (χ0v) is 11.5. The van der Waals surface area contributed by atoms with Crippen LogP contribution in [0.1, 0.15) is 61.7 Å². The molecule has 3 N–H and O–H groups in total. The monoisotopic (exact) mass is 248 g/mol. The smallest absolute Gasteiger partial charge is 0.106 e. The molecule has 3 nitrogen and oxygen atoms in total. The normalized spacial score (nSPS) is 18.9. The molecule has 3 heteroatoms. The van der Waals surface area contributed by atoms with Gasteiger partial charge in [0.25, 0.3) is 0 Å². The van der Waals surface area contributed by atoms with Crippen LogP contribution in [0.5, 0.6) is 0 Å². The van der Waals surface area contributed by atoms with E-state index < -0.39 is 0 Å². The zero-order valence-electron chi connectivity index (χ0n) is 11.5. The molecule has 0 aromatic carbocycles. The van der Waals surface area contributed by atoms with Crippen LogP contribution in [0, 0.1) is 13.8 Å². The highest BCUT2D eigenvalue weighted by atomic mass is 16.3. The summed E-state index contributed by atoms with van der Waals surface area (Å²) in [5, 5.41) is 0. The maximum absolute atomic E-state index is 5.77. The molecule has 0 radical (unpaired) electrons. The number of nitrogens with one attached hydrogen (secondary N) is 1. The van der Waals surface area contributed by atoms with Crippen molar-refractivity contribution in [1.29, 1.82) is 0 Å². The lowest BCUT2D eigenvalue weighted by atomic mass is 9.91. The SMILES string of the molecule is Cc1cc(C(NN)C2=CCCCCCC2)c(C)o1. The second-order valence-corrected chi connectivity index (χ2v) is 5.20. The van der Waals surface area contributed by atoms with Gasteiger partial charge in [-0.3, -0.25) is 5.84 Å². The number of furan rings is 1. The topological polar surface area (TPSA) is 51.2 Å². The van der Waals surface area contributed by atoms with Crippen LogP contribution in [0.25, 0.3) is 0 Å². The minimum atomic E-state index is 0.112. The predicted molar refractivity (Wildman–Crippen MR) is 74.0 cm³/mol. The first-order valence-corrected chi connectivity index (χ1v) is 6.94. The summed E-state index contributed by atoms with van der Waals surface area (Å²) >= 11 is 0. The van der Waals surface area contributed by atoms with E-state index in [1.807, 2.05) is 13.8 Å². The Kier molecular flexibility index (Phi) is 4.61. The summed E-state index contributed by atoms with van der Waals surface area (Å²) in [7, 11) is 0. The van der Waals surface area contributed by atoms with Gasteiger partial charge in [-0.15, -0.1) is 0 Å². The summed E-state index contributed by atoms with van der Waals surface area (Å²) in [6.45, 7) is 3.99. The summed E-state index contributed by atoms with van der Waals surface area (Å²) in [5.74, 6) is 7.70. The first kappa shape index (κ1) is 13.4. The molecule has 0 fully saturated rings. The number of nitrogens with two attached hydrogens (primary N) is 1. The van der Waals surface area contributed by atoms with Crippen LogP contribution in [-0.2, 0) is 0 Å². The molecule has 1 aromatic heterocycles. The molecular formula is C15H24N2O. The van der Waals surface area contributed by atoms with Crippen LogP contribution >= 0.6 is 0 Å². The fourth-order valence-electron chi connectivity index (χ4n) is 2.81. The Morgan fingerprint density at radius 1 is 1.22 bits per heavy atom. The number of hydrogen-bond acceptors (Lipinski definition) is 3. The summed E-state index contributed by atoms with van der Waals surface area (Å²) < 4.78 is 5.62. The second-order valence-electron chi connectivity index (χ2n) is 5.20. The molecule has 0 saturated carbocycles. The number of hydrogen-bond donors (Lipinski definition) is 2. The molecule has 1 unspecified atom stereocenters. The van der Waals surface area contributed by atoms with Crippen molar-refractivity contribution in [2.75, 3.05) is 0 Å². The van der Waals surface area contributed by atoms with Crippen molar-refractivity contribution < 1.29 is 4.42 Å². The van der Waals surface area contributed by atoms with Gasteiger partial charge in [-0.2, -0.15) is 0 Å². The van der Waals surface area contributed by atoms with E-state index in [1.54, 1.807) is 0 Å². The molecule has 1 aromatic rings. The third-order valence-electron chi connectivity index (χ3n) is 3.75. The number of aryl methyl sites for hydroxylation is 2. The Labute approximate surface area is 109 Å². The Hall–Kier alpha value is -1.06. The van der Waals surface area contributed by atoms with Crippen LogP contribution in [0.3, 0.4) is 0 Å². The predicted octanol–water partition coefficient (Wildman–Crippen LogP) is 3.68. The standard InChI is InChI=1S/C15H24N2O/c1-11-10-14(12(2)18-11)15(17-16)13-8-6-4-3-5-7-9-13/h8,10,15,17H,3-7,9,16H2,1-2H3. The maximum Gasteiger partial charge on any atom is 0.106 e. The highest BCUT2D eigenvalue weighted by Crippen LogP contribution is 2.31.